The van der Waals surface area contributed by atoms with Crippen molar-refractivity contribution in [1.82, 2.24) is 4.90 Å². The van der Waals surface area contributed by atoms with Crippen LogP contribution in [0.2, 0.25) is 0 Å². The molecule has 2 N–H and O–H groups in total. The Hall–Kier alpha value is -1.06. The molecule has 2 aliphatic rings. The van der Waals surface area contributed by atoms with Crippen molar-refractivity contribution < 1.29 is 4.74 Å². The van der Waals surface area contributed by atoms with E-state index in [0.717, 1.165) is 31.8 Å². The van der Waals surface area contributed by atoms with Gasteiger partial charge in [-0.2, -0.15) is 0 Å². The molecule has 1 saturated heterocycles. The number of benzene rings is 1. The highest BCUT2D eigenvalue weighted by Crippen LogP contribution is 2.25. The standard InChI is InChI=1S/C16H24N2O/c17-14-8-9-18(12-14)11-13-4-3-7-16(10-13)19-15-5-1-2-6-15/h3-4,7,10,14-15H,1-2,5-6,8-9,11-12,17H2/t14-/m1/s1. The quantitative estimate of drug-likeness (QED) is 0.904. The molecule has 1 aliphatic heterocycles. The Balaban J connectivity index is 1.59. The molecule has 0 bridgehead atoms. The molecule has 1 aromatic rings. The first kappa shape index (κ1) is 12.9. The van der Waals surface area contributed by atoms with Crippen LogP contribution in [0.3, 0.4) is 0 Å². The smallest absolute Gasteiger partial charge is 0.120 e. The van der Waals surface area contributed by atoms with Crippen molar-refractivity contribution in [1.29, 1.82) is 0 Å². The maximum Gasteiger partial charge on any atom is 0.120 e. The maximum atomic E-state index is 6.06. The highest BCUT2D eigenvalue weighted by atomic mass is 16.5. The van der Waals surface area contributed by atoms with E-state index in [9.17, 15) is 0 Å². The number of nitrogens with two attached hydrogens (primary N) is 1. The SMILES string of the molecule is N[C@@H]1CCN(Cc2cccc(OC3CCCC3)c2)C1. The summed E-state index contributed by atoms with van der Waals surface area (Å²) in [6.45, 7) is 3.14. The molecule has 3 rings (SSSR count). The van der Waals surface area contributed by atoms with E-state index in [1.165, 1.54) is 31.2 Å². The zero-order valence-corrected chi connectivity index (χ0v) is 11.6. The molecule has 3 nitrogen and oxygen atoms in total. The van der Waals surface area contributed by atoms with Gasteiger partial charge in [0, 0.05) is 25.7 Å². The van der Waals surface area contributed by atoms with Gasteiger partial charge in [0.15, 0.2) is 0 Å². The van der Waals surface area contributed by atoms with Gasteiger partial charge in [-0.3, -0.25) is 4.90 Å². The van der Waals surface area contributed by atoms with Crippen molar-refractivity contribution in [3.8, 4) is 5.75 Å². The van der Waals surface area contributed by atoms with Gasteiger partial charge in [-0.25, -0.2) is 0 Å². The summed E-state index contributed by atoms with van der Waals surface area (Å²) in [6, 6.07) is 8.93. The lowest BCUT2D eigenvalue weighted by Gasteiger charge is -2.17. The van der Waals surface area contributed by atoms with Gasteiger partial charge in [-0.05, 0) is 49.8 Å². The number of likely N-dealkylation sites (tertiary alicyclic amines) is 1. The molecule has 0 radical (unpaired) electrons. The third-order valence-electron chi connectivity index (χ3n) is 4.22. The Morgan fingerprint density at radius 2 is 2.05 bits per heavy atom. The van der Waals surface area contributed by atoms with Gasteiger partial charge < -0.3 is 10.5 Å². The van der Waals surface area contributed by atoms with Crippen molar-refractivity contribution >= 4 is 0 Å². The largest absolute Gasteiger partial charge is 0.490 e. The first-order valence-electron chi connectivity index (χ1n) is 7.53. The van der Waals surface area contributed by atoms with Crippen LogP contribution in [0, 0.1) is 0 Å². The van der Waals surface area contributed by atoms with Gasteiger partial charge in [0.25, 0.3) is 0 Å². The van der Waals surface area contributed by atoms with Gasteiger partial charge >= 0.3 is 0 Å². The molecule has 2 fully saturated rings. The molecule has 0 spiro atoms. The Kier molecular flexibility index (Phi) is 4.04. The lowest BCUT2D eigenvalue weighted by molar-refractivity contribution is 0.209. The topological polar surface area (TPSA) is 38.5 Å². The molecule has 0 unspecified atom stereocenters. The summed E-state index contributed by atoms with van der Waals surface area (Å²) in [5.74, 6) is 1.04. The summed E-state index contributed by atoms with van der Waals surface area (Å²) in [4.78, 5) is 2.43. The average molecular weight is 260 g/mol. The fourth-order valence-electron chi connectivity index (χ4n) is 3.18. The van der Waals surface area contributed by atoms with Gasteiger partial charge in [0.2, 0.25) is 0 Å². The molecule has 1 aliphatic carbocycles. The lowest BCUT2D eigenvalue weighted by Crippen LogP contribution is -2.26. The summed E-state index contributed by atoms with van der Waals surface area (Å²) in [6.07, 6.45) is 6.62. The Morgan fingerprint density at radius 1 is 1.21 bits per heavy atom. The van der Waals surface area contributed by atoms with Crippen molar-refractivity contribution in [3.63, 3.8) is 0 Å². The molecule has 1 atom stereocenters. The van der Waals surface area contributed by atoms with Crippen molar-refractivity contribution in [2.24, 2.45) is 5.73 Å². The van der Waals surface area contributed by atoms with Crippen molar-refractivity contribution in [2.75, 3.05) is 13.1 Å². The van der Waals surface area contributed by atoms with E-state index in [2.05, 4.69) is 29.2 Å². The predicted octanol–water partition coefficient (Wildman–Crippen LogP) is 2.54. The van der Waals surface area contributed by atoms with E-state index >= 15 is 0 Å². The second-order valence-electron chi connectivity index (χ2n) is 5.96. The summed E-state index contributed by atoms with van der Waals surface area (Å²) in [5, 5.41) is 0. The Morgan fingerprint density at radius 3 is 2.79 bits per heavy atom. The fourth-order valence-corrected chi connectivity index (χ4v) is 3.18. The molecule has 1 aromatic carbocycles. The number of nitrogens with zero attached hydrogens (tertiary/aromatic N) is 1. The van der Waals surface area contributed by atoms with Crippen LogP contribution in [-0.4, -0.2) is 30.1 Å². The van der Waals surface area contributed by atoms with Gasteiger partial charge in [-0.15, -0.1) is 0 Å². The second kappa shape index (κ2) is 5.93. The fraction of sp³-hybridized carbons (Fsp3) is 0.625. The van der Waals surface area contributed by atoms with Crippen LogP contribution in [0.1, 0.15) is 37.7 Å². The molecule has 0 aromatic heterocycles. The number of ether oxygens (including phenoxy) is 1. The van der Waals surface area contributed by atoms with Crippen LogP contribution in [0.4, 0.5) is 0 Å². The summed E-state index contributed by atoms with van der Waals surface area (Å²) in [5.41, 5.74) is 7.29. The molecule has 3 heteroatoms. The molecule has 104 valence electrons. The second-order valence-corrected chi connectivity index (χ2v) is 5.96. The highest BCUT2D eigenvalue weighted by molar-refractivity contribution is 5.28. The molecule has 0 amide bonds. The lowest BCUT2D eigenvalue weighted by atomic mass is 10.2. The first-order valence-corrected chi connectivity index (χ1v) is 7.53. The van der Waals surface area contributed by atoms with Gasteiger partial charge in [0.05, 0.1) is 6.10 Å². The molecule has 1 heterocycles. The Bertz CT molecular complexity index is 415. The van der Waals surface area contributed by atoms with Crippen LogP contribution in [-0.2, 0) is 6.54 Å². The third-order valence-corrected chi connectivity index (χ3v) is 4.22. The molecular weight excluding hydrogens is 236 g/mol. The van der Waals surface area contributed by atoms with Gasteiger partial charge in [-0.1, -0.05) is 12.1 Å². The van der Waals surface area contributed by atoms with E-state index in [4.69, 9.17) is 10.5 Å². The summed E-state index contributed by atoms with van der Waals surface area (Å²) in [7, 11) is 0. The normalized spacial score (nSPS) is 25.0. The highest BCUT2D eigenvalue weighted by Gasteiger charge is 2.19. The number of rotatable bonds is 4. The maximum absolute atomic E-state index is 6.06. The van der Waals surface area contributed by atoms with Crippen molar-refractivity contribution in [2.45, 2.75) is 50.8 Å². The van der Waals surface area contributed by atoms with E-state index in [-0.39, 0.29) is 0 Å². The van der Waals surface area contributed by atoms with E-state index in [0.29, 0.717) is 12.1 Å². The van der Waals surface area contributed by atoms with E-state index in [1.54, 1.807) is 0 Å². The van der Waals surface area contributed by atoms with E-state index < -0.39 is 0 Å². The van der Waals surface area contributed by atoms with Crippen LogP contribution in [0.15, 0.2) is 24.3 Å². The number of hydrogen-bond acceptors (Lipinski definition) is 3. The van der Waals surface area contributed by atoms with Gasteiger partial charge in [0.1, 0.15) is 5.75 Å². The van der Waals surface area contributed by atoms with Crippen molar-refractivity contribution in [3.05, 3.63) is 29.8 Å². The average Bonchev–Trinajstić information content (AvgIpc) is 3.02. The minimum absolute atomic E-state index is 0.359. The molecular formula is C16H24N2O. The van der Waals surface area contributed by atoms with Crippen LogP contribution in [0.5, 0.6) is 5.75 Å². The summed E-state index contributed by atoms with van der Waals surface area (Å²) >= 11 is 0. The van der Waals surface area contributed by atoms with Crippen LogP contribution in [0.25, 0.3) is 0 Å². The van der Waals surface area contributed by atoms with Crippen LogP contribution >= 0.6 is 0 Å². The van der Waals surface area contributed by atoms with Crippen LogP contribution < -0.4 is 10.5 Å². The minimum atomic E-state index is 0.359. The first-order chi connectivity index (χ1) is 9.29. The molecule has 1 saturated carbocycles. The summed E-state index contributed by atoms with van der Waals surface area (Å²) < 4.78 is 6.06. The predicted molar refractivity (Wildman–Crippen MR) is 77.2 cm³/mol. The molecule has 19 heavy (non-hydrogen) atoms. The number of hydrogen-bond donors (Lipinski definition) is 1. The monoisotopic (exact) mass is 260 g/mol. The zero-order chi connectivity index (χ0) is 13.1. The zero-order valence-electron chi connectivity index (χ0n) is 11.6. The minimum Gasteiger partial charge on any atom is -0.490 e. The van der Waals surface area contributed by atoms with E-state index in [1.807, 2.05) is 0 Å². The Labute approximate surface area is 115 Å². The third kappa shape index (κ3) is 3.48.